The number of aromatic nitrogens is 1. The summed E-state index contributed by atoms with van der Waals surface area (Å²) in [6.07, 6.45) is 0. The first-order valence-electron chi connectivity index (χ1n) is 3.98. The molecule has 0 unspecified atom stereocenters. The van der Waals surface area contributed by atoms with Crippen LogP contribution in [-0.4, -0.2) is 10.3 Å². The van der Waals surface area contributed by atoms with Gasteiger partial charge in [0.2, 0.25) is 0 Å². The molecule has 13 heavy (non-hydrogen) atoms. The molecule has 0 radical (unpaired) electrons. The predicted octanol–water partition coefficient (Wildman–Crippen LogP) is 2.36. The zero-order chi connectivity index (χ0) is 9.26. The fourth-order valence-electron chi connectivity index (χ4n) is 1.13. The van der Waals surface area contributed by atoms with Gasteiger partial charge in [-0.25, -0.2) is 0 Å². The van der Waals surface area contributed by atoms with Crippen LogP contribution in [0.5, 0.6) is 5.95 Å². The molecule has 3 nitrogen and oxygen atoms in total. The van der Waals surface area contributed by atoms with Crippen molar-refractivity contribution < 1.29 is 9.63 Å². The number of benzene rings is 1. The SMILES string of the molecule is Cc1ccc(-c2cc(O)on2)cc1. The van der Waals surface area contributed by atoms with E-state index in [0.717, 1.165) is 5.56 Å². The Morgan fingerprint density at radius 1 is 1.23 bits per heavy atom. The van der Waals surface area contributed by atoms with Gasteiger partial charge in [0.1, 0.15) is 5.69 Å². The van der Waals surface area contributed by atoms with Crippen LogP contribution in [0.2, 0.25) is 0 Å². The monoisotopic (exact) mass is 175 g/mol. The van der Waals surface area contributed by atoms with Crippen LogP contribution in [0.3, 0.4) is 0 Å². The summed E-state index contributed by atoms with van der Waals surface area (Å²) in [5.41, 5.74) is 2.78. The number of rotatable bonds is 1. The second-order valence-corrected chi connectivity index (χ2v) is 2.92. The van der Waals surface area contributed by atoms with Crippen molar-refractivity contribution in [2.75, 3.05) is 0 Å². The van der Waals surface area contributed by atoms with Gasteiger partial charge in [-0.15, -0.1) is 0 Å². The summed E-state index contributed by atoms with van der Waals surface area (Å²) in [6, 6.07) is 9.34. The van der Waals surface area contributed by atoms with E-state index < -0.39 is 0 Å². The van der Waals surface area contributed by atoms with Gasteiger partial charge < -0.3 is 9.63 Å². The summed E-state index contributed by atoms with van der Waals surface area (Å²) in [5, 5.41) is 12.6. The summed E-state index contributed by atoms with van der Waals surface area (Å²) in [7, 11) is 0. The van der Waals surface area contributed by atoms with Crippen LogP contribution in [-0.2, 0) is 0 Å². The van der Waals surface area contributed by atoms with Gasteiger partial charge in [0.25, 0.3) is 0 Å². The van der Waals surface area contributed by atoms with Crippen molar-refractivity contribution in [1.82, 2.24) is 5.16 Å². The van der Waals surface area contributed by atoms with Gasteiger partial charge in [0.15, 0.2) is 0 Å². The lowest BCUT2D eigenvalue weighted by Gasteiger charge is -1.94. The maximum Gasteiger partial charge on any atom is 0.309 e. The molecule has 3 heteroatoms. The molecule has 0 aliphatic heterocycles. The average molecular weight is 175 g/mol. The molecule has 0 amide bonds. The molecular formula is C10H9NO2. The van der Waals surface area contributed by atoms with E-state index >= 15 is 0 Å². The van der Waals surface area contributed by atoms with Crippen molar-refractivity contribution in [1.29, 1.82) is 0 Å². The highest BCUT2D eigenvalue weighted by Crippen LogP contribution is 2.21. The molecule has 1 aromatic carbocycles. The minimum atomic E-state index is -0.157. The van der Waals surface area contributed by atoms with E-state index in [1.165, 1.54) is 11.6 Å². The second-order valence-electron chi connectivity index (χ2n) is 2.92. The third-order valence-electron chi connectivity index (χ3n) is 1.85. The molecule has 2 rings (SSSR count). The van der Waals surface area contributed by atoms with Crippen LogP contribution in [0.1, 0.15) is 5.56 Å². The van der Waals surface area contributed by atoms with Crippen molar-refractivity contribution in [2.24, 2.45) is 0 Å². The molecule has 66 valence electrons. The van der Waals surface area contributed by atoms with E-state index in [0.29, 0.717) is 5.69 Å². The van der Waals surface area contributed by atoms with E-state index in [9.17, 15) is 0 Å². The lowest BCUT2D eigenvalue weighted by molar-refractivity contribution is 0.278. The van der Waals surface area contributed by atoms with Gasteiger partial charge in [0, 0.05) is 5.56 Å². The molecule has 0 spiro atoms. The van der Waals surface area contributed by atoms with E-state index in [1.807, 2.05) is 31.2 Å². The summed E-state index contributed by atoms with van der Waals surface area (Å²) in [4.78, 5) is 0. The van der Waals surface area contributed by atoms with Crippen molar-refractivity contribution in [3.8, 4) is 17.2 Å². The van der Waals surface area contributed by atoms with Gasteiger partial charge in [-0.2, -0.15) is 0 Å². The Labute approximate surface area is 75.6 Å². The molecule has 0 saturated heterocycles. The Bertz CT molecular complexity index is 403. The number of aromatic hydroxyl groups is 1. The summed E-state index contributed by atoms with van der Waals surface area (Å²) < 4.78 is 4.55. The minimum absolute atomic E-state index is 0.157. The molecule has 0 fully saturated rings. The highest BCUT2D eigenvalue weighted by atomic mass is 16.5. The number of aryl methyl sites for hydroxylation is 1. The fraction of sp³-hybridized carbons (Fsp3) is 0.100. The highest BCUT2D eigenvalue weighted by molar-refractivity contribution is 5.59. The summed E-state index contributed by atoms with van der Waals surface area (Å²) in [5.74, 6) is -0.157. The lowest BCUT2D eigenvalue weighted by Crippen LogP contribution is -1.76. The third kappa shape index (κ3) is 1.54. The van der Waals surface area contributed by atoms with Crippen LogP contribution < -0.4 is 0 Å². The zero-order valence-corrected chi connectivity index (χ0v) is 7.19. The largest absolute Gasteiger partial charge is 0.479 e. The summed E-state index contributed by atoms with van der Waals surface area (Å²) >= 11 is 0. The van der Waals surface area contributed by atoms with E-state index in [2.05, 4.69) is 9.68 Å². The van der Waals surface area contributed by atoms with Gasteiger partial charge in [-0.1, -0.05) is 35.0 Å². The molecule has 1 N–H and O–H groups in total. The van der Waals surface area contributed by atoms with Gasteiger partial charge in [-0.05, 0) is 6.92 Å². The quantitative estimate of drug-likeness (QED) is 0.723. The second kappa shape index (κ2) is 2.94. The molecule has 2 aromatic rings. The Morgan fingerprint density at radius 2 is 1.92 bits per heavy atom. The normalized spacial score (nSPS) is 10.2. The van der Waals surface area contributed by atoms with Crippen molar-refractivity contribution in [3.63, 3.8) is 0 Å². The molecule has 0 saturated carbocycles. The van der Waals surface area contributed by atoms with Gasteiger partial charge in [-0.3, -0.25) is 0 Å². The number of hydrogen-bond acceptors (Lipinski definition) is 3. The molecule has 0 atom stereocenters. The third-order valence-corrected chi connectivity index (χ3v) is 1.85. The van der Waals surface area contributed by atoms with Crippen LogP contribution in [0, 0.1) is 6.92 Å². The van der Waals surface area contributed by atoms with Crippen LogP contribution in [0.25, 0.3) is 11.3 Å². The fourth-order valence-corrected chi connectivity index (χ4v) is 1.13. The predicted molar refractivity (Wildman–Crippen MR) is 48.3 cm³/mol. The standard InChI is InChI=1S/C10H9NO2/c1-7-2-4-8(5-3-7)9-6-10(12)13-11-9/h2-6,12H,1H3. The van der Waals surface area contributed by atoms with Crippen LogP contribution in [0.15, 0.2) is 34.9 Å². The maximum absolute atomic E-state index is 8.94. The number of hydrogen-bond donors (Lipinski definition) is 1. The number of nitrogens with zero attached hydrogens (tertiary/aromatic N) is 1. The zero-order valence-electron chi connectivity index (χ0n) is 7.19. The van der Waals surface area contributed by atoms with E-state index in [-0.39, 0.29) is 5.95 Å². The van der Waals surface area contributed by atoms with Crippen molar-refractivity contribution in [3.05, 3.63) is 35.9 Å². The average Bonchev–Trinajstić information content (AvgIpc) is 2.53. The topological polar surface area (TPSA) is 46.3 Å². The Hall–Kier alpha value is -1.77. The summed E-state index contributed by atoms with van der Waals surface area (Å²) in [6.45, 7) is 2.02. The maximum atomic E-state index is 8.94. The van der Waals surface area contributed by atoms with Gasteiger partial charge >= 0.3 is 5.95 Å². The van der Waals surface area contributed by atoms with Crippen molar-refractivity contribution in [2.45, 2.75) is 6.92 Å². The first-order valence-corrected chi connectivity index (χ1v) is 3.98. The van der Waals surface area contributed by atoms with E-state index in [4.69, 9.17) is 5.11 Å². The lowest BCUT2D eigenvalue weighted by atomic mass is 10.1. The molecule has 0 aliphatic rings. The first kappa shape index (κ1) is 7.86. The van der Waals surface area contributed by atoms with Crippen molar-refractivity contribution >= 4 is 0 Å². The minimum Gasteiger partial charge on any atom is -0.479 e. The molecular weight excluding hydrogens is 166 g/mol. The van der Waals surface area contributed by atoms with E-state index in [1.54, 1.807) is 0 Å². The Morgan fingerprint density at radius 3 is 2.46 bits per heavy atom. The molecule has 1 heterocycles. The van der Waals surface area contributed by atoms with Crippen LogP contribution in [0.4, 0.5) is 0 Å². The Kier molecular flexibility index (Phi) is 1.77. The van der Waals surface area contributed by atoms with Gasteiger partial charge in [0.05, 0.1) is 6.07 Å². The molecule has 0 bridgehead atoms. The first-order chi connectivity index (χ1) is 6.25. The highest BCUT2D eigenvalue weighted by Gasteiger charge is 2.03. The van der Waals surface area contributed by atoms with Crippen LogP contribution >= 0.6 is 0 Å². The smallest absolute Gasteiger partial charge is 0.309 e. The molecule has 0 aliphatic carbocycles. The molecule has 1 aromatic heterocycles. The Balaban J connectivity index is 2.41.